The third kappa shape index (κ3) is 4.52. The standard InChI is InChI=1S/C16H23N3O2/c1-12(18-15(20)21-16(2,3)4)7-5-8-13-11-17-14-9-6-10-19(13)14/h11-12H,6-7,9-10H2,1-4H3,(H,18,20)/t12-/m0/s1. The lowest BCUT2D eigenvalue weighted by Crippen LogP contribution is -2.37. The SMILES string of the molecule is C[C@@H](CC#Cc1cnc2n1CCC2)NC(=O)OC(C)(C)C. The van der Waals surface area contributed by atoms with Crippen LogP contribution in [-0.2, 0) is 17.7 Å². The van der Waals surface area contributed by atoms with Crippen LogP contribution >= 0.6 is 0 Å². The Kier molecular flexibility index (Phi) is 4.56. The van der Waals surface area contributed by atoms with Gasteiger partial charge in [0.2, 0.25) is 0 Å². The number of ether oxygens (including phenoxy) is 1. The van der Waals surface area contributed by atoms with Crippen molar-refractivity contribution in [3.8, 4) is 11.8 Å². The summed E-state index contributed by atoms with van der Waals surface area (Å²) < 4.78 is 7.37. The maximum atomic E-state index is 11.6. The second-order valence-corrected chi connectivity index (χ2v) is 6.37. The quantitative estimate of drug-likeness (QED) is 0.851. The molecule has 0 saturated heterocycles. The molecule has 5 nitrogen and oxygen atoms in total. The predicted octanol–water partition coefficient (Wildman–Crippen LogP) is 2.48. The highest BCUT2D eigenvalue weighted by Gasteiger charge is 2.17. The van der Waals surface area contributed by atoms with Crippen molar-refractivity contribution in [3.05, 3.63) is 17.7 Å². The Bertz CT molecular complexity index is 573. The minimum atomic E-state index is -0.479. The molecule has 5 heteroatoms. The van der Waals surface area contributed by atoms with Crippen LogP contribution in [0.2, 0.25) is 0 Å². The Morgan fingerprint density at radius 3 is 3.05 bits per heavy atom. The van der Waals surface area contributed by atoms with Gasteiger partial charge in [0.25, 0.3) is 0 Å². The van der Waals surface area contributed by atoms with Gasteiger partial charge in [0, 0.05) is 25.4 Å². The fourth-order valence-corrected chi connectivity index (χ4v) is 2.21. The molecule has 2 heterocycles. The zero-order valence-electron chi connectivity index (χ0n) is 13.2. The van der Waals surface area contributed by atoms with Gasteiger partial charge in [0.1, 0.15) is 17.1 Å². The van der Waals surface area contributed by atoms with Crippen molar-refractivity contribution in [2.24, 2.45) is 0 Å². The van der Waals surface area contributed by atoms with E-state index in [9.17, 15) is 4.79 Å². The number of hydrogen-bond donors (Lipinski definition) is 1. The van der Waals surface area contributed by atoms with Crippen LogP contribution in [0.4, 0.5) is 4.79 Å². The summed E-state index contributed by atoms with van der Waals surface area (Å²) in [5.74, 6) is 7.36. The van der Waals surface area contributed by atoms with Crippen LogP contribution in [0.3, 0.4) is 0 Å². The minimum absolute atomic E-state index is 0.0479. The number of rotatable bonds is 2. The van der Waals surface area contributed by atoms with Crippen molar-refractivity contribution in [2.75, 3.05) is 0 Å². The fraction of sp³-hybridized carbons (Fsp3) is 0.625. The molecule has 0 saturated carbocycles. The van der Waals surface area contributed by atoms with Crippen LogP contribution < -0.4 is 5.32 Å². The lowest BCUT2D eigenvalue weighted by atomic mass is 10.2. The molecular formula is C16H23N3O2. The van der Waals surface area contributed by atoms with E-state index in [1.807, 2.05) is 33.9 Å². The van der Waals surface area contributed by atoms with Crippen molar-refractivity contribution < 1.29 is 9.53 Å². The van der Waals surface area contributed by atoms with E-state index in [4.69, 9.17) is 4.74 Å². The monoisotopic (exact) mass is 289 g/mol. The van der Waals surface area contributed by atoms with Crippen molar-refractivity contribution in [2.45, 2.75) is 65.1 Å². The summed E-state index contributed by atoms with van der Waals surface area (Å²) in [6.07, 6.45) is 4.20. The zero-order chi connectivity index (χ0) is 15.5. The van der Waals surface area contributed by atoms with E-state index in [2.05, 4.69) is 26.7 Å². The highest BCUT2D eigenvalue weighted by Crippen LogP contribution is 2.15. The summed E-state index contributed by atoms with van der Waals surface area (Å²) in [5.41, 5.74) is 0.486. The van der Waals surface area contributed by atoms with E-state index in [-0.39, 0.29) is 6.04 Å². The Labute approximate surface area is 126 Å². The van der Waals surface area contributed by atoms with Gasteiger partial charge in [0.15, 0.2) is 0 Å². The van der Waals surface area contributed by atoms with Crippen LogP contribution in [0.5, 0.6) is 0 Å². The topological polar surface area (TPSA) is 56.2 Å². The molecular weight excluding hydrogens is 266 g/mol. The number of imidazole rings is 1. The van der Waals surface area contributed by atoms with E-state index in [1.54, 1.807) is 0 Å². The second-order valence-electron chi connectivity index (χ2n) is 6.37. The smallest absolute Gasteiger partial charge is 0.407 e. The predicted molar refractivity (Wildman–Crippen MR) is 80.9 cm³/mol. The van der Waals surface area contributed by atoms with Gasteiger partial charge >= 0.3 is 6.09 Å². The number of carbonyl (C=O) groups is 1. The van der Waals surface area contributed by atoms with Gasteiger partial charge < -0.3 is 14.6 Å². The molecule has 1 aliphatic heterocycles. The first-order valence-corrected chi connectivity index (χ1v) is 7.38. The summed E-state index contributed by atoms with van der Waals surface area (Å²) in [7, 11) is 0. The Morgan fingerprint density at radius 1 is 1.57 bits per heavy atom. The highest BCUT2D eigenvalue weighted by molar-refractivity contribution is 5.68. The van der Waals surface area contributed by atoms with Gasteiger partial charge in [-0.3, -0.25) is 0 Å². The third-order valence-electron chi connectivity index (χ3n) is 3.11. The van der Waals surface area contributed by atoms with E-state index in [0.29, 0.717) is 6.42 Å². The van der Waals surface area contributed by atoms with E-state index in [1.165, 1.54) is 0 Å². The van der Waals surface area contributed by atoms with Gasteiger partial charge in [-0.15, -0.1) is 0 Å². The summed E-state index contributed by atoms with van der Waals surface area (Å²) in [6.45, 7) is 8.45. The van der Waals surface area contributed by atoms with E-state index in [0.717, 1.165) is 30.9 Å². The van der Waals surface area contributed by atoms with Crippen LogP contribution in [0.15, 0.2) is 6.20 Å². The maximum absolute atomic E-state index is 11.6. The number of aryl methyl sites for hydroxylation is 1. The van der Waals surface area contributed by atoms with Gasteiger partial charge in [-0.05, 0) is 40.0 Å². The van der Waals surface area contributed by atoms with E-state index >= 15 is 0 Å². The minimum Gasteiger partial charge on any atom is -0.444 e. The molecule has 0 aromatic carbocycles. The lowest BCUT2D eigenvalue weighted by Gasteiger charge is -2.21. The van der Waals surface area contributed by atoms with Crippen molar-refractivity contribution >= 4 is 6.09 Å². The Balaban J connectivity index is 1.83. The number of carbonyl (C=O) groups excluding carboxylic acids is 1. The molecule has 1 N–H and O–H groups in total. The molecule has 21 heavy (non-hydrogen) atoms. The van der Waals surface area contributed by atoms with Crippen LogP contribution in [-0.4, -0.2) is 27.3 Å². The van der Waals surface area contributed by atoms with Gasteiger partial charge in [-0.25, -0.2) is 9.78 Å². The van der Waals surface area contributed by atoms with Gasteiger partial charge in [-0.2, -0.15) is 0 Å². The molecule has 0 bridgehead atoms. The van der Waals surface area contributed by atoms with Gasteiger partial charge in [0.05, 0.1) is 6.20 Å². The number of aromatic nitrogens is 2. The number of hydrogen-bond acceptors (Lipinski definition) is 3. The molecule has 0 fully saturated rings. The number of nitrogens with zero attached hydrogens (tertiary/aromatic N) is 2. The molecule has 0 spiro atoms. The number of alkyl carbamates (subject to hydrolysis) is 1. The maximum Gasteiger partial charge on any atom is 0.407 e. The summed E-state index contributed by atoms with van der Waals surface area (Å²) in [5, 5.41) is 2.78. The largest absolute Gasteiger partial charge is 0.444 e. The number of nitrogens with one attached hydrogen (secondary N) is 1. The lowest BCUT2D eigenvalue weighted by molar-refractivity contribution is 0.0509. The second kappa shape index (κ2) is 6.21. The average Bonchev–Trinajstić information content (AvgIpc) is 2.90. The average molecular weight is 289 g/mol. The number of amides is 1. The number of fused-ring (bicyclic) bond motifs is 1. The molecule has 2 rings (SSSR count). The Hall–Kier alpha value is -1.96. The first kappa shape index (κ1) is 15.4. The molecule has 1 aromatic rings. The molecule has 1 amide bonds. The van der Waals surface area contributed by atoms with Crippen molar-refractivity contribution in [3.63, 3.8) is 0 Å². The summed E-state index contributed by atoms with van der Waals surface area (Å²) >= 11 is 0. The summed E-state index contributed by atoms with van der Waals surface area (Å²) in [6, 6.07) is -0.0479. The van der Waals surface area contributed by atoms with E-state index < -0.39 is 11.7 Å². The van der Waals surface area contributed by atoms with Gasteiger partial charge in [-0.1, -0.05) is 5.92 Å². The normalized spacial score (nSPS) is 14.9. The molecule has 0 radical (unpaired) electrons. The van der Waals surface area contributed by atoms with Crippen LogP contribution in [0.1, 0.15) is 52.1 Å². The summed E-state index contributed by atoms with van der Waals surface area (Å²) in [4.78, 5) is 16.0. The Morgan fingerprint density at radius 2 is 2.33 bits per heavy atom. The molecule has 0 unspecified atom stereocenters. The van der Waals surface area contributed by atoms with Crippen LogP contribution in [0, 0.1) is 11.8 Å². The fourth-order valence-electron chi connectivity index (χ4n) is 2.21. The van der Waals surface area contributed by atoms with Crippen molar-refractivity contribution in [1.29, 1.82) is 0 Å². The molecule has 1 aromatic heterocycles. The highest BCUT2D eigenvalue weighted by atomic mass is 16.6. The van der Waals surface area contributed by atoms with Crippen molar-refractivity contribution in [1.82, 2.24) is 14.9 Å². The third-order valence-corrected chi connectivity index (χ3v) is 3.11. The molecule has 0 aliphatic carbocycles. The molecule has 1 atom stereocenters. The molecule has 114 valence electrons. The molecule has 1 aliphatic rings. The zero-order valence-corrected chi connectivity index (χ0v) is 13.2. The van der Waals surface area contributed by atoms with Crippen LogP contribution in [0.25, 0.3) is 0 Å². The first-order valence-electron chi connectivity index (χ1n) is 7.38. The first-order chi connectivity index (χ1) is 9.85.